The smallest absolute Gasteiger partial charge is 0.264 e. The van der Waals surface area contributed by atoms with E-state index in [-0.39, 0.29) is 39.1 Å². The number of halogens is 2. The fraction of sp³-hybridized carbons (Fsp3) is 0.333. The number of hydrogen-bond donors (Lipinski definition) is 1. The SMILES string of the molecule is CC[C@@H](C)NC(=O)[C@@H](C)N(Cc1ccc(C)cc1)C(=O)CN(c1cccc(Cl)c1Cl)S(=O)(=O)c1ccc(C)cc1. The summed E-state index contributed by atoms with van der Waals surface area (Å²) < 4.78 is 28.8. The molecule has 0 aromatic heterocycles. The van der Waals surface area contributed by atoms with Crippen molar-refractivity contribution < 1.29 is 18.0 Å². The largest absolute Gasteiger partial charge is 0.352 e. The Balaban J connectivity index is 2.06. The van der Waals surface area contributed by atoms with E-state index in [1.807, 2.05) is 52.0 Å². The highest BCUT2D eigenvalue weighted by Gasteiger charge is 2.34. The molecule has 0 saturated carbocycles. The molecule has 0 unspecified atom stereocenters. The monoisotopic (exact) mass is 603 g/mol. The van der Waals surface area contributed by atoms with E-state index in [9.17, 15) is 18.0 Å². The minimum Gasteiger partial charge on any atom is -0.352 e. The van der Waals surface area contributed by atoms with E-state index in [2.05, 4.69) is 5.32 Å². The Hall–Kier alpha value is -3.07. The zero-order valence-electron chi connectivity index (χ0n) is 23.3. The van der Waals surface area contributed by atoms with Gasteiger partial charge in [-0.3, -0.25) is 13.9 Å². The van der Waals surface area contributed by atoms with E-state index >= 15 is 0 Å². The molecule has 40 heavy (non-hydrogen) atoms. The number of hydrogen-bond acceptors (Lipinski definition) is 4. The standard InChI is InChI=1S/C30H35Cl2N3O4S/c1-6-22(4)33-30(37)23(5)34(18-24-14-10-20(2)11-15-24)28(36)19-35(27-9-7-8-26(31)29(27)32)40(38,39)25-16-12-21(3)13-17-25/h7-17,22-23H,6,18-19H2,1-5H3,(H,33,37)/t22-,23-/m1/s1. The lowest BCUT2D eigenvalue weighted by Gasteiger charge is -2.32. The number of carbonyl (C=O) groups excluding carboxylic acids is 2. The molecule has 2 amide bonds. The molecule has 1 N–H and O–H groups in total. The van der Waals surface area contributed by atoms with E-state index in [0.717, 1.165) is 27.4 Å². The third kappa shape index (κ3) is 7.56. The van der Waals surface area contributed by atoms with E-state index in [1.54, 1.807) is 25.1 Å². The lowest BCUT2D eigenvalue weighted by Crippen LogP contribution is -2.52. The molecular weight excluding hydrogens is 569 g/mol. The molecule has 214 valence electrons. The predicted molar refractivity (Wildman–Crippen MR) is 161 cm³/mol. The highest BCUT2D eigenvalue weighted by molar-refractivity contribution is 7.92. The van der Waals surface area contributed by atoms with Gasteiger partial charge in [0.1, 0.15) is 12.6 Å². The topological polar surface area (TPSA) is 86.8 Å². The molecule has 2 atom stereocenters. The molecule has 0 aliphatic carbocycles. The van der Waals surface area contributed by atoms with Crippen molar-refractivity contribution in [1.82, 2.24) is 10.2 Å². The molecule has 0 aliphatic rings. The normalized spacial score (nSPS) is 12.9. The maximum atomic E-state index is 14.0. The van der Waals surface area contributed by atoms with Crippen molar-refractivity contribution in [2.75, 3.05) is 10.8 Å². The Morgan fingerprint density at radius 1 is 0.900 bits per heavy atom. The summed E-state index contributed by atoms with van der Waals surface area (Å²) in [6, 6.07) is 17.5. The van der Waals surface area contributed by atoms with Crippen molar-refractivity contribution >= 4 is 50.7 Å². The van der Waals surface area contributed by atoms with Gasteiger partial charge in [-0.25, -0.2) is 8.42 Å². The molecule has 3 rings (SSSR count). The van der Waals surface area contributed by atoms with Gasteiger partial charge in [0.25, 0.3) is 10.0 Å². The van der Waals surface area contributed by atoms with Crippen LogP contribution in [0.4, 0.5) is 5.69 Å². The van der Waals surface area contributed by atoms with Gasteiger partial charge >= 0.3 is 0 Å². The molecule has 0 fully saturated rings. The van der Waals surface area contributed by atoms with E-state index < -0.39 is 28.5 Å². The summed E-state index contributed by atoms with van der Waals surface area (Å²) in [4.78, 5) is 28.5. The van der Waals surface area contributed by atoms with Crippen molar-refractivity contribution in [3.05, 3.63) is 93.5 Å². The minimum atomic E-state index is -4.24. The average Bonchev–Trinajstić information content (AvgIpc) is 2.92. The number of nitrogens with one attached hydrogen (secondary N) is 1. The highest BCUT2D eigenvalue weighted by atomic mass is 35.5. The number of amides is 2. The third-order valence-electron chi connectivity index (χ3n) is 6.73. The van der Waals surface area contributed by atoms with Gasteiger partial charge in [-0.15, -0.1) is 0 Å². The Morgan fingerprint density at radius 2 is 1.48 bits per heavy atom. The number of nitrogens with zero attached hydrogens (tertiary/aromatic N) is 2. The zero-order chi connectivity index (χ0) is 29.6. The second-order valence-corrected chi connectivity index (χ2v) is 12.5. The number of sulfonamides is 1. The molecule has 0 saturated heterocycles. The lowest BCUT2D eigenvalue weighted by molar-refractivity contribution is -0.139. The Kier molecular flexibility index (Phi) is 10.6. The molecule has 0 bridgehead atoms. The van der Waals surface area contributed by atoms with Gasteiger partial charge in [0.05, 0.1) is 20.6 Å². The van der Waals surface area contributed by atoms with Crippen LogP contribution in [-0.4, -0.2) is 43.8 Å². The van der Waals surface area contributed by atoms with Crippen LogP contribution in [-0.2, 0) is 26.2 Å². The van der Waals surface area contributed by atoms with Gasteiger partial charge < -0.3 is 10.2 Å². The molecule has 0 heterocycles. The zero-order valence-corrected chi connectivity index (χ0v) is 25.6. The van der Waals surface area contributed by atoms with E-state index in [0.29, 0.717) is 0 Å². The second kappa shape index (κ2) is 13.5. The van der Waals surface area contributed by atoms with Crippen LogP contribution < -0.4 is 9.62 Å². The Bertz CT molecular complexity index is 1440. The first-order valence-electron chi connectivity index (χ1n) is 13.0. The van der Waals surface area contributed by atoms with Crippen molar-refractivity contribution in [2.45, 2.75) is 64.6 Å². The molecule has 3 aromatic carbocycles. The quantitative estimate of drug-likeness (QED) is 0.285. The van der Waals surface area contributed by atoms with Crippen molar-refractivity contribution in [3.8, 4) is 0 Å². The molecule has 0 spiro atoms. The molecule has 0 radical (unpaired) electrons. The fourth-order valence-electron chi connectivity index (χ4n) is 3.97. The van der Waals surface area contributed by atoms with Crippen LogP contribution in [0.2, 0.25) is 10.0 Å². The predicted octanol–water partition coefficient (Wildman–Crippen LogP) is 6.14. The van der Waals surface area contributed by atoms with Gasteiger partial charge in [0.2, 0.25) is 11.8 Å². The Morgan fingerprint density at radius 3 is 2.05 bits per heavy atom. The van der Waals surface area contributed by atoms with Crippen LogP contribution in [0.25, 0.3) is 0 Å². The highest BCUT2D eigenvalue weighted by Crippen LogP contribution is 2.35. The second-order valence-electron chi connectivity index (χ2n) is 9.90. The number of benzene rings is 3. The van der Waals surface area contributed by atoms with Gasteiger partial charge in [0, 0.05) is 12.6 Å². The van der Waals surface area contributed by atoms with Gasteiger partial charge in [-0.05, 0) is 63.9 Å². The summed E-state index contributed by atoms with van der Waals surface area (Å²) in [5.41, 5.74) is 2.80. The fourth-order valence-corrected chi connectivity index (χ4v) is 5.85. The van der Waals surface area contributed by atoms with E-state index in [1.165, 1.54) is 29.2 Å². The first-order chi connectivity index (χ1) is 18.8. The number of rotatable bonds is 11. The molecule has 7 nitrogen and oxygen atoms in total. The number of carbonyl (C=O) groups is 2. The van der Waals surface area contributed by atoms with Crippen molar-refractivity contribution in [2.24, 2.45) is 0 Å². The third-order valence-corrected chi connectivity index (χ3v) is 9.31. The molecule has 0 aliphatic heterocycles. The Labute approximate surface area is 247 Å². The van der Waals surface area contributed by atoms with Gasteiger partial charge in [0.15, 0.2) is 0 Å². The van der Waals surface area contributed by atoms with Crippen LogP contribution >= 0.6 is 23.2 Å². The maximum absolute atomic E-state index is 14.0. The first kappa shape index (κ1) is 31.5. The van der Waals surface area contributed by atoms with Crippen LogP contribution in [0.1, 0.15) is 43.9 Å². The van der Waals surface area contributed by atoms with Gasteiger partial charge in [-0.1, -0.05) is 83.7 Å². The number of anilines is 1. The maximum Gasteiger partial charge on any atom is 0.264 e. The summed E-state index contributed by atoms with van der Waals surface area (Å²) in [5.74, 6) is -0.900. The van der Waals surface area contributed by atoms with E-state index in [4.69, 9.17) is 23.2 Å². The number of aryl methyl sites for hydroxylation is 2. The first-order valence-corrected chi connectivity index (χ1v) is 15.2. The summed E-state index contributed by atoms with van der Waals surface area (Å²) in [6.07, 6.45) is 0.722. The van der Waals surface area contributed by atoms with Crippen molar-refractivity contribution in [1.29, 1.82) is 0 Å². The molecule has 3 aromatic rings. The van der Waals surface area contributed by atoms with Crippen molar-refractivity contribution in [3.63, 3.8) is 0 Å². The van der Waals surface area contributed by atoms with Gasteiger partial charge in [-0.2, -0.15) is 0 Å². The average molecular weight is 605 g/mol. The summed E-state index contributed by atoms with van der Waals surface area (Å²) >= 11 is 12.7. The summed E-state index contributed by atoms with van der Waals surface area (Å²) in [7, 11) is -4.24. The summed E-state index contributed by atoms with van der Waals surface area (Å²) in [5, 5.41) is 3.07. The minimum absolute atomic E-state index is 0.000278. The van der Waals surface area contributed by atoms with Crippen LogP contribution in [0.3, 0.4) is 0 Å². The lowest BCUT2D eigenvalue weighted by atomic mass is 10.1. The van der Waals surface area contributed by atoms with Crippen LogP contribution in [0.5, 0.6) is 0 Å². The van der Waals surface area contributed by atoms with Crippen LogP contribution in [0, 0.1) is 13.8 Å². The van der Waals surface area contributed by atoms with Crippen LogP contribution in [0.15, 0.2) is 71.6 Å². The summed E-state index contributed by atoms with van der Waals surface area (Å²) in [6.45, 7) is 8.78. The molecule has 10 heteroatoms. The molecular formula is C30H35Cl2N3O4S.